The van der Waals surface area contributed by atoms with Crippen molar-refractivity contribution in [3.63, 3.8) is 0 Å². The van der Waals surface area contributed by atoms with Crippen molar-refractivity contribution in [2.75, 3.05) is 44.7 Å². The molecule has 1 atom stereocenters. The van der Waals surface area contributed by atoms with Crippen LogP contribution in [0.3, 0.4) is 0 Å². The molecule has 0 saturated carbocycles. The summed E-state index contributed by atoms with van der Waals surface area (Å²) < 4.78 is 39.0. The normalized spacial score (nSPS) is 15.2. The molecule has 3 aromatic carbocycles. The van der Waals surface area contributed by atoms with Crippen molar-refractivity contribution in [2.45, 2.75) is 10.9 Å². The summed E-state index contributed by atoms with van der Waals surface area (Å²) in [6.07, 6.45) is 0. The van der Waals surface area contributed by atoms with Crippen LogP contribution in [-0.2, 0) is 14.8 Å². The van der Waals surface area contributed by atoms with Gasteiger partial charge in [-0.15, -0.1) is 0 Å². The van der Waals surface area contributed by atoms with Crippen LogP contribution in [-0.4, -0.2) is 59.2 Å². The Hall–Kier alpha value is -3.11. The van der Waals surface area contributed by atoms with Gasteiger partial charge in [0.15, 0.2) is 0 Å². The number of hydrogen-bond donors (Lipinski definition) is 2. The molecule has 10 heteroatoms. The minimum absolute atomic E-state index is 0.0325. The third-order valence-corrected chi connectivity index (χ3v) is 7.66. The number of carbonyl (C=O) groups excluding carboxylic acids is 1. The number of rotatable bonds is 9. The van der Waals surface area contributed by atoms with Gasteiger partial charge in [-0.25, -0.2) is 8.42 Å². The van der Waals surface area contributed by atoms with E-state index in [1.807, 2.05) is 24.3 Å². The fourth-order valence-corrected chi connectivity index (χ4v) is 5.38. The van der Waals surface area contributed by atoms with Crippen molar-refractivity contribution in [2.24, 2.45) is 0 Å². The Morgan fingerprint density at radius 2 is 1.78 bits per heavy atom. The largest absolute Gasteiger partial charge is 0.497 e. The quantitative estimate of drug-likeness (QED) is 0.435. The van der Waals surface area contributed by atoms with Gasteiger partial charge in [-0.1, -0.05) is 41.9 Å². The number of methoxy groups -OCH3 is 1. The molecule has 4 rings (SSSR count). The Bertz CT molecular complexity index is 1290. The van der Waals surface area contributed by atoms with Gasteiger partial charge >= 0.3 is 0 Å². The number of carbonyl (C=O) groups is 1. The lowest BCUT2D eigenvalue weighted by atomic mass is 10.0. The van der Waals surface area contributed by atoms with Crippen LogP contribution in [0.5, 0.6) is 5.75 Å². The zero-order valence-corrected chi connectivity index (χ0v) is 21.4. The summed E-state index contributed by atoms with van der Waals surface area (Å²) >= 11 is 6.09. The number of halogens is 1. The highest BCUT2D eigenvalue weighted by atomic mass is 35.5. The average Bonchev–Trinajstić information content (AvgIpc) is 2.91. The van der Waals surface area contributed by atoms with E-state index in [0.29, 0.717) is 19.8 Å². The first kappa shape index (κ1) is 26.0. The average molecular weight is 530 g/mol. The van der Waals surface area contributed by atoms with Crippen molar-refractivity contribution in [3.05, 3.63) is 88.9 Å². The molecule has 0 aliphatic carbocycles. The number of nitrogens with zero attached hydrogens (tertiary/aromatic N) is 1. The lowest BCUT2D eigenvalue weighted by Crippen LogP contribution is -2.43. The van der Waals surface area contributed by atoms with Crippen LogP contribution in [0, 0.1) is 0 Å². The SMILES string of the molecule is COc1ccc([C@@H](CNC(=O)c2cccc(S(=O)(=O)Nc3ccccc3Cl)c2)N2CCOCC2)cc1. The van der Waals surface area contributed by atoms with Crippen molar-refractivity contribution >= 4 is 33.2 Å². The van der Waals surface area contributed by atoms with E-state index in [-0.39, 0.29) is 33.1 Å². The molecule has 3 aromatic rings. The van der Waals surface area contributed by atoms with E-state index < -0.39 is 10.0 Å². The molecule has 2 N–H and O–H groups in total. The number of ether oxygens (including phenoxy) is 2. The Kier molecular flexibility index (Phi) is 8.48. The van der Waals surface area contributed by atoms with Gasteiger partial charge in [0.25, 0.3) is 15.9 Å². The van der Waals surface area contributed by atoms with Gasteiger partial charge in [-0.2, -0.15) is 0 Å². The predicted octanol–water partition coefficient (Wildman–Crippen LogP) is 3.95. The summed E-state index contributed by atoms with van der Waals surface area (Å²) in [4.78, 5) is 15.3. The molecular formula is C26H28ClN3O5S. The second-order valence-electron chi connectivity index (χ2n) is 8.26. The third kappa shape index (κ3) is 6.36. The first-order chi connectivity index (χ1) is 17.4. The van der Waals surface area contributed by atoms with Crippen LogP contribution in [0.4, 0.5) is 5.69 Å². The molecule has 1 aliphatic rings. The minimum Gasteiger partial charge on any atom is -0.497 e. The predicted molar refractivity (Wildman–Crippen MR) is 139 cm³/mol. The monoisotopic (exact) mass is 529 g/mol. The van der Waals surface area contributed by atoms with Crippen LogP contribution in [0.15, 0.2) is 77.7 Å². The summed E-state index contributed by atoms with van der Waals surface area (Å²) in [7, 11) is -2.32. The first-order valence-corrected chi connectivity index (χ1v) is 13.3. The van der Waals surface area contributed by atoms with Crippen LogP contribution >= 0.6 is 11.6 Å². The van der Waals surface area contributed by atoms with E-state index in [4.69, 9.17) is 21.1 Å². The number of sulfonamides is 1. The fourth-order valence-electron chi connectivity index (χ4n) is 4.02. The topological polar surface area (TPSA) is 97.0 Å². The second kappa shape index (κ2) is 11.7. The van der Waals surface area contributed by atoms with Gasteiger partial charge in [0.05, 0.1) is 42.0 Å². The van der Waals surface area contributed by atoms with Gasteiger partial charge in [0.2, 0.25) is 0 Å². The molecule has 1 aliphatic heterocycles. The first-order valence-electron chi connectivity index (χ1n) is 11.5. The van der Waals surface area contributed by atoms with Crippen molar-refractivity contribution in [1.82, 2.24) is 10.2 Å². The molecule has 1 saturated heterocycles. The highest BCUT2D eigenvalue weighted by Gasteiger charge is 2.24. The maximum atomic E-state index is 13.0. The lowest BCUT2D eigenvalue weighted by molar-refractivity contribution is 0.0162. The Balaban J connectivity index is 1.49. The van der Waals surface area contributed by atoms with Crippen LogP contribution in [0.25, 0.3) is 0 Å². The zero-order valence-electron chi connectivity index (χ0n) is 19.8. The number of amides is 1. The third-order valence-electron chi connectivity index (χ3n) is 5.97. The van der Waals surface area contributed by atoms with Gasteiger partial charge < -0.3 is 14.8 Å². The number of anilines is 1. The molecular weight excluding hydrogens is 502 g/mol. The van der Waals surface area contributed by atoms with Gasteiger partial charge in [-0.3, -0.25) is 14.4 Å². The maximum absolute atomic E-state index is 13.0. The number of benzene rings is 3. The Morgan fingerprint density at radius 3 is 2.47 bits per heavy atom. The summed E-state index contributed by atoms with van der Waals surface area (Å²) in [5.74, 6) is 0.392. The molecule has 0 radical (unpaired) electrons. The summed E-state index contributed by atoms with van der Waals surface area (Å²) in [6, 6.07) is 20.2. The highest BCUT2D eigenvalue weighted by molar-refractivity contribution is 7.92. The van der Waals surface area contributed by atoms with E-state index in [0.717, 1.165) is 24.4 Å². The number of nitrogens with one attached hydrogen (secondary N) is 2. The van der Waals surface area contributed by atoms with E-state index >= 15 is 0 Å². The smallest absolute Gasteiger partial charge is 0.261 e. The van der Waals surface area contributed by atoms with Crippen LogP contribution < -0.4 is 14.8 Å². The molecule has 1 heterocycles. The summed E-state index contributed by atoms with van der Waals surface area (Å²) in [6.45, 7) is 3.08. The maximum Gasteiger partial charge on any atom is 0.261 e. The van der Waals surface area contributed by atoms with Gasteiger partial charge in [0.1, 0.15) is 5.75 Å². The summed E-state index contributed by atoms with van der Waals surface area (Å²) in [5, 5.41) is 3.25. The zero-order chi connectivity index (χ0) is 25.5. The second-order valence-corrected chi connectivity index (χ2v) is 10.4. The van der Waals surface area contributed by atoms with E-state index in [1.165, 1.54) is 12.1 Å². The van der Waals surface area contributed by atoms with Gasteiger partial charge in [-0.05, 0) is 48.0 Å². The molecule has 8 nitrogen and oxygen atoms in total. The molecule has 0 aromatic heterocycles. The lowest BCUT2D eigenvalue weighted by Gasteiger charge is -2.35. The van der Waals surface area contributed by atoms with E-state index in [1.54, 1.807) is 43.5 Å². The number of para-hydroxylation sites is 1. The minimum atomic E-state index is -3.94. The van der Waals surface area contributed by atoms with Crippen molar-refractivity contribution in [3.8, 4) is 5.75 Å². The molecule has 36 heavy (non-hydrogen) atoms. The molecule has 0 bridgehead atoms. The van der Waals surface area contributed by atoms with Gasteiger partial charge in [0, 0.05) is 25.2 Å². The van der Waals surface area contributed by atoms with E-state index in [9.17, 15) is 13.2 Å². The van der Waals surface area contributed by atoms with Crippen LogP contribution in [0.2, 0.25) is 5.02 Å². The summed E-state index contributed by atoms with van der Waals surface area (Å²) in [5.41, 5.74) is 1.55. The number of morpholine rings is 1. The van der Waals surface area contributed by atoms with E-state index in [2.05, 4.69) is 14.9 Å². The Morgan fingerprint density at radius 1 is 1.06 bits per heavy atom. The molecule has 1 amide bonds. The molecule has 190 valence electrons. The molecule has 0 unspecified atom stereocenters. The highest BCUT2D eigenvalue weighted by Crippen LogP contribution is 2.25. The van der Waals surface area contributed by atoms with Crippen molar-refractivity contribution < 1.29 is 22.7 Å². The Labute approximate surface area is 216 Å². The fraction of sp³-hybridized carbons (Fsp3) is 0.269. The number of hydrogen-bond acceptors (Lipinski definition) is 6. The standard InChI is InChI=1S/C26H28ClN3O5S/c1-34-21-11-9-19(10-12-21)25(30-13-15-35-16-14-30)18-28-26(31)20-5-4-6-22(17-20)36(32,33)29-24-8-3-2-7-23(24)27/h2-12,17,25,29H,13-16,18H2,1H3,(H,28,31)/t25-/m1/s1. The molecule has 1 fully saturated rings. The van der Waals surface area contributed by atoms with Crippen LogP contribution in [0.1, 0.15) is 22.0 Å². The van der Waals surface area contributed by atoms with Crippen molar-refractivity contribution in [1.29, 1.82) is 0 Å². The molecule has 0 spiro atoms.